The van der Waals surface area contributed by atoms with E-state index in [0.29, 0.717) is 0 Å². The third kappa shape index (κ3) is 3.74. The minimum absolute atomic E-state index is 0.538. The highest BCUT2D eigenvalue weighted by Crippen LogP contribution is 2.60. The lowest BCUT2D eigenvalue weighted by atomic mass is 9.93. The van der Waals surface area contributed by atoms with Crippen LogP contribution >= 0.6 is 112 Å². The molecule has 0 radical (unpaired) electrons. The van der Waals surface area contributed by atoms with Crippen molar-refractivity contribution >= 4 is 112 Å². The summed E-state index contributed by atoms with van der Waals surface area (Å²) in [5, 5.41) is 0. The minimum atomic E-state index is -0.572. The number of hydrogen-bond donors (Lipinski definition) is 0. The van der Waals surface area contributed by atoms with E-state index in [1.165, 1.54) is 0 Å². The second kappa shape index (κ2) is 7.36. The summed E-state index contributed by atoms with van der Waals surface area (Å²) in [4.78, 5) is 0. The fourth-order valence-electron chi connectivity index (χ4n) is 1.93. The topological polar surface area (TPSA) is 0 Å². The van der Waals surface area contributed by atoms with E-state index in [4.69, 9.17) is 0 Å². The largest absolute Gasteiger partial charge is 0.158 e. The van der Waals surface area contributed by atoms with Crippen molar-refractivity contribution in [2.75, 3.05) is 0 Å². The molecule has 0 aliphatic heterocycles. The van der Waals surface area contributed by atoms with Crippen molar-refractivity contribution in [3.05, 3.63) is 67.0 Å². The average Bonchev–Trinajstić information content (AvgIpc) is 2.44. The fourth-order valence-corrected chi connectivity index (χ4v) is 5.71. The van der Waals surface area contributed by atoms with Gasteiger partial charge in [-0.2, -0.15) is 0 Å². The summed E-state index contributed by atoms with van der Waals surface area (Å²) in [6, 6.07) is 14.3. The van der Waals surface area contributed by atoms with Crippen molar-refractivity contribution in [2.24, 2.45) is 0 Å². The maximum atomic E-state index is 3.92. The first kappa shape index (κ1) is 19.1. The molecule has 0 aromatic heterocycles. The van der Waals surface area contributed by atoms with Crippen LogP contribution in [0.2, 0.25) is 0 Å². The van der Waals surface area contributed by atoms with E-state index in [0.717, 1.165) is 24.5 Å². The lowest BCUT2D eigenvalue weighted by Crippen LogP contribution is -2.34. The number of halogens is 7. The fraction of sp³-hybridized carbons (Fsp3) is 0.143. The van der Waals surface area contributed by atoms with Gasteiger partial charge in [0.15, 0.2) is 2.14 Å². The van der Waals surface area contributed by atoms with Crippen molar-refractivity contribution in [2.45, 2.75) is 6.47 Å². The van der Waals surface area contributed by atoms with Crippen molar-refractivity contribution in [1.29, 1.82) is 0 Å². The Morgan fingerprint density at radius 2 is 1.24 bits per heavy atom. The van der Waals surface area contributed by atoms with Crippen LogP contribution in [0, 0.1) is 0 Å². The molecule has 0 aliphatic carbocycles. The van der Waals surface area contributed by atoms with Gasteiger partial charge in [0.25, 0.3) is 0 Å². The quantitative estimate of drug-likeness (QED) is 0.215. The van der Waals surface area contributed by atoms with Gasteiger partial charge in [-0.1, -0.05) is 100 Å². The van der Waals surface area contributed by atoms with Crippen molar-refractivity contribution in [3.8, 4) is 0 Å². The lowest BCUT2D eigenvalue weighted by molar-refractivity contribution is 0.825. The third-order valence-electron chi connectivity index (χ3n) is 2.97. The van der Waals surface area contributed by atoms with E-state index in [-0.39, 0.29) is 0 Å². The van der Waals surface area contributed by atoms with Gasteiger partial charge >= 0.3 is 0 Å². The van der Waals surface area contributed by atoms with E-state index >= 15 is 0 Å². The van der Waals surface area contributed by atoms with Gasteiger partial charge in [0, 0.05) is 13.4 Å². The zero-order valence-corrected chi connectivity index (χ0v) is 21.3. The minimum Gasteiger partial charge on any atom is -0.0713 e. The van der Waals surface area contributed by atoms with E-state index in [2.05, 4.69) is 130 Å². The van der Waals surface area contributed by atoms with Gasteiger partial charge in [-0.3, -0.25) is 0 Å². The second-order valence-electron chi connectivity index (χ2n) is 4.25. The molecule has 0 heterocycles. The molecule has 2 aromatic rings. The first-order valence-corrected chi connectivity index (χ1v) is 11.2. The molecule has 0 saturated heterocycles. The van der Waals surface area contributed by atoms with Gasteiger partial charge in [0.1, 0.15) is 4.32 Å². The van der Waals surface area contributed by atoms with Crippen molar-refractivity contribution in [1.82, 2.24) is 0 Å². The van der Waals surface area contributed by atoms with Gasteiger partial charge in [0.2, 0.25) is 0 Å². The summed E-state index contributed by atoms with van der Waals surface area (Å²) in [7, 11) is 0. The molecule has 0 saturated carbocycles. The standard InChI is InChI=1S/C14H7Br7/c15-10-7-6-9(11(16)12(10)17)13(18,14(19,20)21)8-4-2-1-3-5-8/h1-7H. The predicted molar refractivity (Wildman–Crippen MR) is 115 cm³/mol. The van der Waals surface area contributed by atoms with Crippen LogP contribution < -0.4 is 0 Å². The Labute approximate surface area is 182 Å². The molecule has 1 unspecified atom stereocenters. The smallest absolute Gasteiger partial charge is 0.0713 e. The van der Waals surface area contributed by atoms with Gasteiger partial charge in [-0.15, -0.1) is 0 Å². The van der Waals surface area contributed by atoms with E-state index in [1.54, 1.807) is 0 Å². The Bertz CT molecular complexity index is 648. The molecule has 0 fully saturated rings. The van der Waals surface area contributed by atoms with Crippen LogP contribution in [0.5, 0.6) is 0 Å². The van der Waals surface area contributed by atoms with E-state index < -0.39 is 6.47 Å². The maximum Gasteiger partial charge on any atom is 0.158 e. The van der Waals surface area contributed by atoms with E-state index in [9.17, 15) is 0 Å². The Morgan fingerprint density at radius 3 is 1.76 bits per heavy atom. The van der Waals surface area contributed by atoms with Crippen molar-refractivity contribution in [3.63, 3.8) is 0 Å². The first-order chi connectivity index (χ1) is 9.69. The molecule has 0 spiro atoms. The van der Waals surface area contributed by atoms with Crippen LogP contribution in [0.15, 0.2) is 55.9 Å². The number of benzene rings is 2. The van der Waals surface area contributed by atoms with Gasteiger partial charge in [-0.05, 0) is 65.0 Å². The summed E-state index contributed by atoms with van der Waals surface area (Å²) in [5.41, 5.74) is 2.17. The molecule has 0 amide bonds. The monoisotopic (exact) mass is 727 g/mol. The molecular formula is C14H7Br7. The van der Waals surface area contributed by atoms with Crippen LogP contribution in [0.3, 0.4) is 0 Å². The zero-order chi connectivity index (χ0) is 15.8. The molecule has 7 heteroatoms. The van der Waals surface area contributed by atoms with Gasteiger partial charge < -0.3 is 0 Å². The molecular weight excluding hydrogens is 727 g/mol. The van der Waals surface area contributed by atoms with E-state index in [1.807, 2.05) is 24.3 Å². The highest BCUT2D eigenvalue weighted by atomic mass is 80.0. The number of alkyl halides is 4. The van der Waals surface area contributed by atoms with Crippen LogP contribution in [-0.2, 0) is 4.32 Å². The summed E-state index contributed by atoms with van der Waals surface area (Å²) >= 11 is 25.8. The summed E-state index contributed by atoms with van der Waals surface area (Å²) < 4.78 is 1.82. The highest BCUT2D eigenvalue weighted by Gasteiger charge is 2.49. The zero-order valence-electron chi connectivity index (χ0n) is 10.2. The molecule has 1 atom stereocenters. The Kier molecular flexibility index (Phi) is 6.70. The Hall–Kier alpha value is 1.80. The third-order valence-corrected chi connectivity index (χ3v) is 11.2. The summed E-state index contributed by atoms with van der Waals surface area (Å²) in [6.07, 6.45) is 0. The Morgan fingerprint density at radius 1 is 0.667 bits per heavy atom. The van der Waals surface area contributed by atoms with Crippen LogP contribution in [0.25, 0.3) is 0 Å². The number of hydrogen-bond acceptors (Lipinski definition) is 0. The molecule has 112 valence electrons. The van der Waals surface area contributed by atoms with Crippen LogP contribution in [0.1, 0.15) is 11.1 Å². The molecule has 0 bridgehead atoms. The Balaban J connectivity index is 2.77. The van der Waals surface area contributed by atoms with Crippen molar-refractivity contribution < 1.29 is 0 Å². The second-order valence-corrected chi connectivity index (χ2v) is 14.6. The van der Waals surface area contributed by atoms with Gasteiger partial charge in [0.05, 0.1) is 0 Å². The molecule has 21 heavy (non-hydrogen) atoms. The molecule has 0 nitrogen and oxygen atoms in total. The molecule has 2 aromatic carbocycles. The SMILES string of the molecule is Brc1ccc(C(Br)(c2ccccc2)C(Br)(Br)Br)c(Br)c1Br. The normalized spacial score (nSPS) is 14.8. The van der Waals surface area contributed by atoms with Gasteiger partial charge in [-0.25, -0.2) is 0 Å². The summed E-state index contributed by atoms with van der Waals surface area (Å²) in [6.45, 7) is 0. The molecule has 0 N–H and O–H groups in total. The molecule has 0 aliphatic rings. The van der Waals surface area contributed by atoms with Crippen LogP contribution in [0.4, 0.5) is 0 Å². The lowest BCUT2D eigenvalue weighted by Gasteiger charge is -2.37. The first-order valence-electron chi connectivity index (χ1n) is 5.64. The van der Waals surface area contributed by atoms with Crippen LogP contribution in [-0.4, -0.2) is 2.14 Å². The number of rotatable bonds is 2. The highest BCUT2D eigenvalue weighted by molar-refractivity contribution is 9.40. The average molecular weight is 735 g/mol. The maximum absolute atomic E-state index is 3.92. The summed E-state index contributed by atoms with van der Waals surface area (Å²) in [5.74, 6) is 0. The predicted octanol–water partition coefficient (Wildman–Crippen LogP) is 8.45. The molecule has 2 rings (SSSR count).